The number of carbonyl (C=O) groups is 1. The quantitative estimate of drug-likeness (QED) is 0.625. The number of nitrogens with zero attached hydrogens (tertiary/aromatic N) is 4. The third kappa shape index (κ3) is 5.24. The summed E-state index contributed by atoms with van der Waals surface area (Å²) in [4.78, 5) is 17.5. The number of hydrogen-bond acceptors (Lipinski definition) is 4. The van der Waals surface area contributed by atoms with Gasteiger partial charge in [-0.25, -0.2) is 0 Å². The lowest BCUT2D eigenvalue weighted by Crippen LogP contribution is -2.26. The Morgan fingerprint density at radius 2 is 1.96 bits per heavy atom. The summed E-state index contributed by atoms with van der Waals surface area (Å²) in [7, 11) is 3.55. The van der Waals surface area contributed by atoms with Crippen LogP contribution in [0.3, 0.4) is 0 Å². The first-order chi connectivity index (χ1) is 13.1. The molecule has 0 aliphatic carbocycles. The van der Waals surface area contributed by atoms with Gasteiger partial charge in [0.25, 0.3) is 0 Å². The van der Waals surface area contributed by atoms with Crippen LogP contribution < -0.4 is 5.32 Å². The summed E-state index contributed by atoms with van der Waals surface area (Å²) in [6.07, 6.45) is 6.13. The number of aromatic nitrogens is 3. The van der Waals surface area contributed by atoms with Gasteiger partial charge in [-0.3, -0.25) is 14.5 Å². The van der Waals surface area contributed by atoms with E-state index in [1.54, 1.807) is 25.2 Å². The van der Waals surface area contributed by atoms with Crippen molar-refractivity contribution in [2.24, 2.45) is 0 Å². The molecule has 0 fully saturated rings. The van der Waals surface area contributed by atoms with Crippen LogP contribution in [0.4, 0.5) is 0 Å². The van der Waals surface area contributed by atoms with Crippen molar-refractivity contribution in [1.82, 2.24) is 25.0 Å². The summed E-state index contributed by atoms with van der Waals surface area (Å²) < 4.78 is 1.96. The van der Waals surface area contributed by atoms with Gasteiger partial charge in [0.1, 0.15) is 0 Å². The summed E-state index contributed by atoms with van der Waals surface area (Å²) in [5, 5.41) is 8.13. The van der Waals surface area contributed by atoms with E-state index in [9.17, 15) is 4.79 Å². The molecule has 3 aromatic rings. The molecule has 1 N–H and O–H groups in total. The Balaban J connectivity index is 1.73. The third-order valence-electron chi connectivity index (χ3n) is 4.29. The van der Waals surface area contributed by atoms with Crippen LogP contribution in [0.25, 0.3) is 11.3 Å². The molecule has 2 heterocycles. The van der Waals surface area contributed by atoms with Gasteiger partial charge in [0.05, 0.1) is 12.2 Å². The minimum absolute atomic E-state index is 0.120. The van der Waals surface area contributed by atoms with Gasteiger partial charge in [-0.15, -0.1) is 0 Å². The fraction of sp³-hybridized carbons (Fsp3) is 0.286. The summed E-state index contributed by atoms with van der Waals surface area (Å²) >= 11 is 0. The Morgan fingerprint density at radius 3 is 2.67 bits per heavy atom. The molecule has 0 bridgehead atoms. The molecule has 6 heteroatoms. The van der Waals surface area contributed by atoms with Crippen LogP contribution in [-0.4, -0.2) is 46.2 Å². The highest BCUT2D eigenvalue weighted by molar-refractivity contribution is 5.75. The van der Waals surface area contributed by atoms with Gasteiger partial charge in [0, 0.05) is 63.3 Å². The molecule has 0 saturated heterocycles. The van der Waals surface area contributed by atoms with Crippen LogP contribution in [0.2, 0.25) is 0 Å². The lowest BCUT2D eigenvalue weighted by Gasteiger charge is -2.10. The standard InChI is InChI=1S/C21H25N5O/c1-25(2)20(27)10-12-23-14-19-16-26(15-17-7-4-3-5-8-17)24-21(19)18-9-6-11-22-13-18/h3-9,11,13,16,23H,10,12,14-15H2,1-2H3. The van der Waals surface area contributed by atoms with Crippen LogP contribution in [0.1, 0.15) is 17.5 Å². The maximum atomic E-state index is 11.7. The number of hydrogen-bond donors (Lipinski definition) is 1. The zero-order valence-electron chi connectivity index (χ0n) is 15.8. The van der Waals surface area contributed by atoms with Crippen LogP contribution in [0.5, 0.6) is 0 Å². The molecule has 1 amide bonds. The van der Waals surface area contributed by atoms with Crippen LogP contribution in [0.15, 0.2) is 61.1 Å². The Bertz CT molecular complexity index is 859. The Hall–Kier alpha value is -2.99. The van der Waals surface area contributed by atoms with E-state index in [2.05, 4.69) is 28.6 Å². The zero-order chi connectivity index (χ0) is 19.1. The molecule has 0 radical (unpaired) electrons. The predicted molar refractivity (Wildman–Crippen MR) is 106 cm³/mol. The monoisotopic (exact) mass is 363 g/mol. The average molecular weight is 363 g/mol. The minimum Gasteiger partial charge on any atom is -0.349 e. The molecule has 1 aromatic carbocycles. The summed E-state index contributed by atoms with van der Waals surface area (Å²) in [6.45, 7) is 2.00. The first kappa shape index (κ1) is 18.8. The Morgan fingerprint density at radius 1 is 1.15 bits per heavy atom. The van der Waals surface area contributed by atoms with Crippen molar-refractivity contribution >= 4 is 5.91 Å². The second kappa shape index (κ2) is 9.09. The molecule has 140 valence electrons. The highest BCUT2D eigenvalue weighted by Gasteiger charge is 2.12. The van der Waals surface area contributed by atoms with E-state index in [4.69, 9.17) is 5.10 Å². The number of carbonyl (C=O) groups excluding carboxylic acids is 1. The highest BCUT2D eigenvalue weighted by Crippen LogP contribution is 2.21. The number of amides is 1. The number of rotatable bonds is 8. The summed E-state index contributed by atoms with van der Waals surface area (Å²) in [6, 6.07) is 14.2. The first-order valence-electron chi connectivity index (χ1n) is 9.05. The van der Waals surface area contributed by atoms with Gasteiger partial charge in [0.15, 0.2) is 0 Å². The molecular formula is C21H25N5O. The van der Waals surface area contributed by atoms with Crippen molar-refractivity contribution in [2.75, 3.05) is 20.6 Å². The molecule has 0 spiro atoms. The maximum absolute atomic E-state index is 11.7. The van der Waals surface area contributed by atoms with Gasteiger partial charge in [0.2, 0.25) is 5.91 Å². The SMILES string of the molecule is CN(C)C(=O)CCNCc1cn(Cc2ccccc2)nc1-c1cccnc1. The van der Waals surface area contributed by atoms with Crippen molar-refractivity contribution < 1.29 is 4.79 Å². The summed E-state index contributed by atoms with van der Waals surface area (Å²) in [5.41, 5.74) is 4.21. The highest BCUT2D eigenvalue weighted by atomic mass is 16.2. The molecule has 6 nitrogen and oxygen atoms in total. The lowest BCUT2D eigenvalue weighted by molar-refractivity contribution is -0.128. The van der Waals surface area contributed by atoms with Gasteiger partial charge in [-0.2, -0.15) is 5.10 Å². The molecule has 2 aromatic heterocycles. The van der Waals surface area contributed by atoms with Crippen molar-refractivity contribution in [3.05, 3.63) is 72.2 Å². The van der Waals surface area contributed by atoms with E-state index < -0.39 is 0 Å². The van der Waals surface area contributed by atoms with E-state index in [0.717, 1.165) is 16.8 Å². The minimum atomic E-state index is 0.120. The van der Waals surface area contributed by atoms with Crippen molar-refractivity contribution in [3.63, 3.8) is 0 Å². The number of benzene rings is 1. The van der Waals surface area contributed by atoms with Gasteiger partial charge >= 0.3 is 0 Å². The van der Waals surface area contributed by atoms with Crippen molar-refractivity contribution in [3.8, 4) is 11.3 Å². The molecule has 0 unspecified atom stereocenters. The second-order valence-corrected chi connectivity index (χ2v) is 6.64. The van der Waals surface area contributed by atoms with Gasteiger partial charge in [-0.05, 0) is 17.7 Å². The Labute approximate surface area is 159 Å². The van der Waals surface area contributed by atoms with E-state index in [-0.39, 0.29) is 5.91 Å². The third-order valence-corrected chi connectivity index (χ3v) is 4.29. The molecule has 27 heavy (non-hydrogen) atoms. The van der Waals surface area contributed by atoms with Crippen molar-refractivity contribution in [2.45, 2.75) is 19.5 Å². The number of pyridine rings is 1. The summed E-state index contributed by atoms with van der Waals surface area (Å²) in [5.74, 6) is 0.120. The largest absolute Gasteiger partial charge is 0.349 e. The normalized spacial score (nSPS) is 10.7. The zero-order valence-corrected chi connectivity index (χ0v) is 15.8. The molecule has 0 saturated carbocycles. The van der Waals surface area contributed by atoms with Crippen LogP contribution in [-0.2, 0) is 17.9 Å². The van der Waals surface area contributed by atoms with Crippen LogP contribution >= 0.6 is 0 Å². The van der Waals surface area contributed by atoms with E-state index in [0.29, 0.717) is 26.1 Å². The average Bonchev–Trinajstić information content (AvgIpc) is 3.09. The lowest BCUT2D eigenvalue weighted by atomic mass is 10.1. The predicted octanol–water partition coefficient (Wildman–Crippen LogP) is 2.56. The van der Waals surface area contributed by atoms with Gasteiger partial charge < -0.3 is 10.2 Å². The maximum Gasteiger partial charge on any atom is 0.223 e. The molecule has 0 aliphatic rings. The fourth-order valence-corrected chi connectivity index (χ4v) is 2.83. The van der Waals surface area contributed by atoms with Crippen molar-refractivity contribution in [1.29, 1.82) is 0 Å². The van der Waals surface area contributed by atoms with E-state index in [1.165, 1.54) is 5.56 Å². The molecule has 0 atom stereocenters. The van der Waals surface area contributed by atoms with Gasteiger partial charge in [-0.1, -0.05) is 30.3 Å². The smallest absolute Gasteiger partial charge is 0.223 e. The molecular weight excluding hydrogens is 338 g/mol. The van der Waals surface area contributed by atoms with Crippen LogP contribution in [0, 0.1) is 0 Å². The second-order valence-electron chi connectivity index (χ2n) is 6.64. The molecule has 0 aliphatic heterocycles. The number of nitrogens with one attached hydrogen (secondary N) is 1. The Kier molecular flexibility index (Phi) is 6.33. The topological polar surface area (TPSA) is 63.1 Å². The van der Waals surface area contributed by atoms with E-state index >= 15 is 0 Å². The van der Waals surface area contributed by atoms with E-state index in [1.807, 2.05) is 41.2 Å². The fourth-order valence-electron chi connectivity index (χ4n) is 2.83. The first-order valence-corrected chi connectivity index (χ1v) is 9.05. The molecule has 3 rings (SSSR count).